The molecule has 0 amide bonds. The Morgan fingerprint density at radius 1 is 1.04 bits per heavy atom. The monoisotopic (exact) mass is 323 g/mol. The molecule has 0 aliphatic heterocycles. The van der Waals surface area contributed by atoms with E-state index < -0.39 is 0 Å². The number of furan rings is 1. The van der Waals surface area contributed by atoms with Crippen molar-refractivity contribution >= 4 is 23.3 Å². The summed E-state index contributed by atoms with van der Waals surface area (Å²) in [6.07, 6.45) is 1.63. The quantitative estimate of drug-likeness (QED) is 0.571. The first-order valence-electron chi connectivity index (χ1n) is 6.90. The Balaban J connectivity index is 1.95. The van der Waals surface area contributed by atoms with Crippen LogP contribution in [-0.4, -0.2) is 0 Å². The molecular formula is C19H11ClFNO. The van der Waals surface area contributed by atoms with Crippen molar-refractivity contribution in [1.29, 1.82) is 5.26 Å². The van der Waals surface area contributed by atoms with Gasteiger partial charge in [0.05, 0.1) is 11.6 Å². The average molecular weight is 324 g/mol. The van der Waals surface area contributed by atoms with E-state index >= 15 is 0 Å². The molecule has 0 atom stereocenters. The lowest BCUT2D eigenvalue weighted by Crippen LogP contribution is -1.82. The van der Waals surface area contributed by atoms with Crippen LogP contribution in [0.15, 0.2) is 65.1 Å². The second-order valence-corrected chi connectivity index (χ2v) is 5.27. The van der Waals surface area contributed by atoms with Gasteiger partial charge in [-0.2, -0.15) is 5.26 Å². The molecule has 0 N–H and O–H groups in total. The molecule has 3 aromatic rings. The maximum absolute atomic E-state index is 13.0. The molecule has 0 aliphatic carbocycles. The summed E-state index contributed by atoms with van der Waals surface area (Å²) in [6, 6.07) is 18.8. The second kappa shape index (κ2) is 6.51. The van der Waals surface area contributed by atoms with E-state index in [9.17, 15) is 9.65 Å². The first-order valence-corrected chi connectivity index (χ1v) is 7.27. The van der Waals surface area contributed by atoms with E-state index in [4.69, 9.17) is 16.0 Å². The number of rotatable bonds is 3. The highest BCUT2D eigenvalue weighted by atomic mass is 35.5. The summed E-state index contributed by atoms with van der Waals surface area (Å²) in [4.78, 5) is 0. The number of nitriles is 1. The molecular weight excluding hydrogens is 313 g/mol. The molecule has 0 saturated carbocycles. The molecule has 1 heterocycles. The van der Waals surface area contributed by atoms with Gasteiger partial charge in [-0.3, -0.25) is 0 Å². The summed E-state index contributed by atoms with van der Waals surface area (Å²) in [5.74, 6) is 0.833. The SMILES string of the molecule is N#CC(=Cc1ccc(-c2ccc(F)cc2)o1)c1ccccc1Cl. The predicted molar refractivity (Wildman–Crippen MR) is 89.0 cm³/mol. The minimum Gasteiger partial charge on any atom is -0.457 e. The molecule has 112 valence electrons. The van der Waals surface area contributed by atoms with E-state index in [0.29, 0.717) is 27.7 Å². The van der Waals surface area contributed by atoms with Crippen LogP contribution in [0.1, 0.15) is 11.3 Å². The van der Waals surface area contributed by atoms with Gasteiger partial charge in [-0.1, -0.05) is 29.8 Å². The highest BCUT2D eigenvalue weighted by Gasteiger charge is 2.08. The molecule has 3 rings (SSSR count). The first-order chi connectivity index (χ1) is 11.2. The Morgan fingerprint density at radius 2 is 1.78 bits per heavy atom. The zero-order valence-electron chi connectivity index (χ0n) is 12.0. The molecule has 0 bridgehead atoms. The standard InChI is InChI=1S/C19H11ClFNO/c20-18-4-2-1-3-17(18)14(12-22)11-16-9-10-19(23-16)13-5-7-15(21)8-6-13/h1-11H. The van der Waals surface area contributed by atoms with E-state index in [1.165, 1.54) is 12.1 Å². The number of allylic oxidation sites excluding steroid dienone is 1. The van der Waals surface area contributed by atoms with Crippen molar-refractivity contribution in [3.8, 4) is 17.4 Å². The number of benzene rings is 2. The number of nitrogens with zero attached hydrogens (tertiary/aromatic N) is 1. The lowest BCUT2D eigenvalue weighted by atomic mass is 10.1. The normalized spacial score (nSPS) is 11.3. The van der Waals surface area contributed by atoms with Gasteiger partial charge in [-0.15, -0.1) is 0 Å². The van der Waals surface area contributed by atoms with Crippen LogP contribution in [-0.2, 0) is 0 Å². The lowest BCUT2D eigenvalue weighted by Gasteiger charge is -2.01. The topological polar surface area (TPSA) is 36.9 Å². The third kappa shape index (κ3) is 3.33. The molecule has 0 fully saturated rings. The zero-order valence-corrected chi connectivity index (χ0v) is 12.7. The fourth-order valence-corrected chi connectivity index (χ4v) is 2.43. The van der Waals surface area contributed by atoms with Crippen LogP contribution in [0.2, 0.25) is 5.02 Å². The van der Waals surface area contributed by atoms with Gasteiger partial charge in [-0.25, -0.2) is 4.39 Å². The molecule has 2 nitrogen and oxygen atoms in total. The van der Waals surface area contributed by atoms with Gasteiger partial charge in [0.25, 0.3) is 0 Å². The van der Waals surface area contributed by atoms with Crippen molar-refractivity contribution in [3.05, 3.63) is 82.8 Å². The number of halogens is 2. The zero-order chi connectivity index (χ0) is 16.2. The van der Waals surface area contributed by atoms with Crippen LogP contribution in [0, 0.1) is 17.1 Å². The average Bonchev–Trinajstić information content (AvgIpc) is 3.03. The van der Waals surface area contributed by atoms with E-state index in [1.807, 2.05) is 6.07 Å². The van der Waals surface area contributed by atoms with Crippen molar-refractivity contribution < 1.29 is 8.81 Å². The van der Waals surface area contributed by atoms with Gasteiger partial charge >= 0.3 is 0 Å². The van der Waals surface area contributed by atoms with Gasteiger partial charge in [0.15, 0.2) is 0 Å². The number of hydrogen-bond donors (Lipinski definition) is 0. The fraction of sp³-hybridized carbons (Fsp3) is 0. The summed E-state index contributed by atoms with van der Waals surface area (Å²) in [6.45, 7) is 0. The summed E-state index contributed by atoms with van der Waals surface area (Å²) in [5, 5.41) is 9.86. The van der Waals surface area contributed by atoms with Crippen molar-refractivity contribution in [2.45, 2.75) is 0 Å². The Hall–Kier alpha value is -2.83. The Morgan fingerprint density at radius 3 is 2.48 bits per heavy atom. The maximum atomic E-state index is 13.0. The molecule has 0 radical (unpaired) electrons. The van der Waals surface area contributed by atoms with E-state index in [2.05, 4.69) is 6.07 Å². The molecule has 1 aromatic heterocycles. The molecule has 23 heavy (non-hydrogen) atoms. The smallest absolute Gasteiger partial charge is 0.134 e. The van der Waals surface area contributed by atoms with Crippen LogP contribution in [0.4, 0.5) is 4.39 Å². The predicted octanol–water partition coefficient (Wildman–Crippen LogP) is 5.80. The van der Waals surface area contributed by atoms with Crippen molar-refractivity contribution in [2.75, 3.05) is 0 Å². The highest BCUT2D eigenvalue weighted by molar-refractivity contribution is 6.32. The van der Waals surface area contributed by atoms with Gasteiger partial charge in [0, 0.05) is 16.1 Å². The molecule has 2 aromatic carbocycles. The van der Waals surface area contributed by atoms with Crippen molar-refractivity contribution in [2.24, 2.45) is 0 Å². The largest absolute Gasteiger partial charge is 0.457 e. The van der Waals surface area contributed by atoms with Gasteiger partial charge in [-0.05, 0) is 48.5 Å². The third-order valence-corrected chi connectivity index (χ3v) is 3.66. The van der Waals surface area contributed by atoms with Crippen LogP contribution in [0.5, 0.6) is 0 Å². The molecule has 4 heteroatoms. The minimum absolute atomic E-state index is 0.300. The Bertz CT molecular complexity index is 904. The molecule has 0 spiro atoms. The van der Waals surface area contributed by atoms with E-state index in [0.717, 1.165) is 5.56 Å². The van der Waals surface area contributed by atoms with Gasteiger partial charge in [0.1, 0.15) is 17.3 Å². The highest BCUT2D eigenvalue weighted by Crippen LogP contribution is 2.28. The number of hydrogen-bond acceptors (Lipinski definition) is 2. The Labute approximate surface area is 138 Å². The third-order valence-electron chi connectivity index (χ3n) is 3.33. The van der Waals surface area contributed by atoms with Gasteiger partial charge < -0.3 is 4.42 Å². The van der Waals surface area contributed by atoms with Crippen LogP contribution >= 0.6 is 11.6 Å². The van der Waals surface area contributed by atoms with Gasteiger partial charge in [0.2, 0.25) is 0 Å². The lowest BCUT2D eigenvalue weighted by molar-refractivity contribution is 0.571. The summed E-state index contributed by atoms with van der Waals surface area (Å²) in [7, 11) is 0. The minimum atomic E-state index is -0.300. The summed E-state index contributed by atoms with van der Waals surface area (Å²) in [5.41, 5.74) is 1.83. The molecule has 0 aliphatic rings. The van der Waals surface area contributed by atoms with E-state index in [-0.39, 0.29) is 5.82 Å². The van der Waals surface area contributed by atoms with Crippen LogP contribution in [0.25, 0.3) is 23.0 Å². The van der Waals surface area contributed by atoms with Crippen molar-refractivity contribution in [3.63, 3.8) is 0 Å². The van der Waals surface area contributed by atoms with Crippen LogP contribution in [0.3, 0.4) is 0 Å². The molecule has 0 unspecified atom stereocenters. The van der Waals surface area contributed by atoms with Crippen molar-refractivity contribution in [1.82, 2.24) is 0 Å². The summed E-state index contributed by atoms with van der Waals surface area (Å²) < 4.78 is 18.7. The second-order valence-electron chi connectivity index (χ2n) is 4.86. The summed E-state index contributed by atoms with van der Waals surface area (Å²) >= 11 is 6.12. The fourth-order valence-electron chi connectivity index (χ4n) is 2.19. The Kier molecular flexibility index (Phi) is 4.27. The van der Waals surface area contributed by atoms with Crippen LogP contribution < -0.4 is 0 Å². The maximum Gasteiger partial charge on any atom is 0.134 e. The first kappa shape index (κ1) is 15.1. The van der Waals surface area contributed by atoms with E-state index in [1.54, 1.807) is 48.5 Å². The molecule has 0 saturated heterocycles.